The van der Waals surface area contributed by atoms with E-state index in [-0.39, 0.29) is 11.5 Å². The minimum Gasteiger partial charge on any atom is -0.379 e. The van der Waals surface area contributed by atoms with Crippen LogP contribution in [0.25, 0.3) is 0 Å². The summed E-state index contributed by atoms with van der Waals surface area (Å²) in [5, 5.41) is 3.34. The lowest BCUT2D eigenvalue weighted by Gasteiger charge is -2.21. The predicted octanol–water partition coefficient (Wildman–Crippen LogP) is 4.31. The average molecular weight is 277 g/mol. The van der Waals surface area contributed by atoms with Crippen LogP contribution in [-0.2, 0) is 10.2 Å². The molecule has 0 heterocycles. The minimum atomic E-state index is 0.210. The van der Waals surface area contributed by atoms with E-state index in [1.807, 2.05) is 7.05 Å². The largest absolute Gasteiger partial charge is 0.379 e. The SMILES string of the molecule is CNC(COCCC(C)C)c1ccc(C(C)(C)C)cc1. The first-order valence-corrected chi connectivity index (χ1v) is 7.70. The van der Waals surface area contributed by atoms with Crippen molar-refractivity contribution in [2.24, 2.45) is 5.92 Å². The third-order valence-electron chi connectivity index (χ3n) is 3.65. The van der Waals surface area contributed by atoms with Gasteiger partial charge in [0.15, 0.2) is 0 Å². The number of ether oxygens (including phenoxy) is 1. The highest BCUT2D eigenvalue weighted by Crippen LogP contribution is 2.24. The molecule has 0 bridgehead atoms. The predicted molar refractivity (Wildman–Crippen MR) is 87.2 cm³/mol. The van der Waals surface area contributed by atoms with Gasteiger partial charge in [-0.3, -0.25) is 0 Å². The molecular formula is C18H31NO. The van der Waals surface area contributed by atoms with E-state index < -0.39 is 0 Å². The van der Waals surface area contributed by atoms with Gasteiger partial charge in [-0.15, -0.1) is 0 Å². The van der Waals surface area contributed by atoms with Crippen LogP contribution in [0.4, 0.5) is 0 Å². The number of nitrogens with one attached hydrogen (secondary N) is 1. The Kier molecular flexibility index (Phi) is 6.70. The molecule has 1 aromatic carbocycles. The van der Waals surface area contributed by atoms with Crippen molar-refractivity contribution < 1.29 is 4.74 Å². The van der Waals surface area contributed by atoms with Crippen LogP contribution in [0.3, 0.4) is 0 Å². The Morgan fingerprint density at radius 2 is 1.70 bits per heavy atom. The van der Waals surface area contributed by atoms with Crippen molar-refractivity contribution in [2.45, 2.75) is 52.5 Å². The third-order valence-corrected chi connectivity index (χ3v) is 3.65. The van der Waals surface area contributed by atoms with E-state index in [0.717, 1.165) is 19.6 Å². The monoisotopic (exact) mass is 277 g/mol. The molecule has 0 radical (unpaired) electrons. The Bertz CT molecular complexity index is 375. The molecule has 20 heavy (non-hydrogen) atoms. The average Bonchev–Trinajstić information content (AvgIpc) is 2.38. The van der Waals surface area contributed by atoms with E-state index in [4.69, 9.17) is 4.74 Å². The van der Waals surface area contributed by atoms with Gasteiger partial charge in [-0.25, -0.2) is 0 Å². The molecule has 1 unspecified atom stereocenters. The summed E-state index contributed by atoms with van der Waals surface area (Å²) >= 11 is 0. The topological polar surface area (TPSA) is 21.3 Å². The van der Waals surface area contributed by atoms with Gasteiger partial charge in [0.1, 0.15) is 0 Å². The first kappa shape index (κ1) is 17.2. The quantitative estimate of drug-likeness (QED) is 0.750. The fourth-order valence-electron chi connectivity index (χ4n) is 2.08. The molecule has 1 atom stereocenters. The van der Waals surface area contributed by atoms with Crippen LogP contribution in [0, 0.1) is 5.92 Å². The number of hydrogen-bond acceptors (Lipinski definition) is 2. The summed E-state index contributed by atoms with van der Waals surface area (Å²) < 4.78 is 5.79. The normalized spacial score (nSPS) is 13.8. The molecular weight excluding hydrogens is 246 g/mol. The van der Waals surface area contributed by atoms with E-state index in [1.165, 1.54) is 11.1 Å². The zero-order chi connectivity index (χ0) is 15.2. The Hall–Kier alpha value is -0.860. The van der Waals surface area contributed by atoms with Crippen LogP contribution < -0.4 is 5.32 Å². The molecule has 2 heteroatoms. The van der Waals surface area contributed by atoms with E-state index in [9.17, 15) is 0 Å². The molecule has 0 aromatic heterocycles. The number of benzene rings is 1. The van der Waals surface area contributed by atoms with Crippen molar-refractivity contribution in [1.29, 1.82) is 0 Å². The van der Waals surface area contributed by atoms with Crippen molar-refractivity contribution in [3.05, 3.63) is 35.4 Å². The molecule has 0 spiro atoms. The van der Waals surface area contributed by atoms with Crippen LogP contribution >= 0.6 is 0 Å². The molecule has 114 valence electrons. The van der Waals surface area contributed by atoms with Gasteiger partial charge in [-0.1, -0.05) is 58.9 Å². The lowest BCUT2D eigenvalue weighted by Crippen LogP contribution is -2.22. The van der Waals surface area contributed by atoms with Crippen molar-refractivity contribution >= 4 is 0 Å². The summed E-state index contributed by atoms with van der Waals surface area (Å²) in [6.45, 7) is 12.8. The zero-order valence-electron chi connectivity index (χ0n) is 14.0. The zero-order valence-corrected chi connectivity index (χ0v) is 14.0. The molecule has 1 rings (SSSR count). The van der Waals surface area contributed by atoms with Crippen molar-refractivity contribution in [3.63, 3.8) is 0 Å². The summed E-state index contributed by atoms with van der Waals surface area (Å²) in [6.07, 6.45) is 1.12. The molecule has 0 saturated carbocycles. The van der Waals surface area contributed by atoms with Gasteiger partial charge in [-0.2, -0.15) is 0 Å². The molecule has 2 nitrogen and oxygen atoms in total. The first-order valence-electron chi connectivity index (χ1n) is 7.70. The Balaban J connectivity index is 2.57. The fraction of sp³-hybridized carbons (Fsp3) is 0.667. The van der Waals surface area contributed by atoms with Crippen LogP contribution in [0.5, 0.6) is 0 Å². The first-order chi connectivity index (χ1) is 9.34. The molecule has 0 fully saturated rings. The lowest BCUT2D eigenvalue weighted by atomic mass is 9.86. The maximum absolute atomic E-state index is 5.79. The second kappa shape index (κ2) is 7.80. The van der Waals surface area contributed by atoms with Gasteiger partial charge in [0.25, 0.3) is 0 Å². The molecule has 1 aromatic rings. The third kappa shape index (κ3) is 5.64. The molecule has 0 aliphatic carbocycles. The summed E-state index contributed by atoms with van der Waals surface area (Å²) in [6, 6.07) is 9.17. The summed E-state index contributed by atoms with van der Waals surface area (Å²) in [5.74, 6) is 0.703. The van der Waals surface area contributed by atoms with Gasteiger partial charge in [0.05, 0.1) is 12.6 Å². The second-order valence-corrected chi connectivity index (χ2v) is 6.97. The van der Waals surface area contributed by atoms with Gasteiger partial charge >= 0.3 is 0 Å². The maximum atomic E-state index is 5.79. The Morgan fingerprint density at radius 3 is 2.15 bits per heavy atom. The molecule has 0 amide bonds. The fourth-order valence-corrected chi connectivity index (χ4v) is 2.08. The Labute approximate surface area is 124 Å². The standard InChI is InChI=1S/C18H31NO/c1-14(2)11-12-20-13-17(19-6)15-7-9-16(10-8-15)18(3,4)5/h7-10,14,17,19H,11-13H2,1-6H3. The molecule has 1 N–H and O–H groups in total. The van der Waals surface area contributed by atoms with E-state index >= 15 is 0 Å². The van der Waals surface area contributed by atoms with Gasteiger partial charge in [-0.05, 0) is 35.9 Å². The summed E-state index contributed by atoms with van der Waals surface area (Å²) in [5.41, 5.74) is 2.88. The van der Waals surface area contributed by atoms with Crippen LogP contribution in [0.15, 0.2) is 24.3 Å². The highest BCUT2D eigenvalue weighted by molar-refractivity contribution is 5.29. The van der Waals surface area contributed by atoms with E-state index in [2.05, 4.69) is 64.2 Å². The second-order valence-electron chi connectivity index (χ2n) is 6.97. The van der Waals surface area contributed by atoms with E-state index in [0.29, 0.717) is 5.92 Å². The minimum absolute atomic E-state index is 0.210. The van der Waals surface area contributed by atoms with Crippen LogP contribution in [0.2, 0.25) is 0 Å². The van der Waals surface area contributed by atoms with Gasteiger partial charge < -0.3 is 10.1 Å². The van der Waals surface area contributed by atoms with Gasteiger partial charge in [0.2, 0.25) is 0 Å². The molecule has 0 saturated heterocycles. The van der Waals surface area contributed by atoms with Crippen molar-refractivity contribution in [3.8, 4) is 0 Å². The highest BCUT2D eigenvalue weighted by atomic mass is 16.5. The summed E-state index contributed by atoms with van der Waals surface area (Å²) in [4.78, 5) is 0. The van der Waals surface area contributed by atoms with Crippen LogP contribution in [0.1, 0.15) is 58.2 Å². The van der Waals surface area contributed by atoms with Crippen LogP contribution in [-0.4, -0.2) is 20.3 Å². The number of likely N-dealkylation sites (N-methyl/N-ethyl adjacent to an activating group) is 1. The maximum Gasteiger partial charge on any atom is 0.0661 e. The van der Waals surface area contributed by atoms with Crippen molar-refractivity contribution in [1.82, 2.24) is 5.32 Å². The molecule has 0 aliphatic heterocycles. The smallest absolute Gasteiger partial charge is 0.0661 e. The van der Waals surface area contributed by atoms with E-state index in [1.54, 1.807) is 0 Å². The lowest BCUT2D eigenvalue weighted by molar-refractivity contribution is 0.104. The van der Waals surface area contributed by atoms with Crippen molar-refractivity contribution in [2.75, 3.05) is 20.3 Å². The summed E-state index contributed by atoms with van der Waals surface area (Å²) in [7, 11) is 1.99. The Morgan fingerprint density at radius 1 is 1.10 bits per heavy atom. The molecule has 0 aliphatic rings. The van der Waals surface area contributed by atoms with Gasteiger partial charge in [0, 0.05) is 6.61 Å². The highest BCUT2D eigenvalue weighted by Gasteiger charge is 2.15. The number of rotatable bonds is 7. The number of hydrogen-bond donors (Lipinski definition) is 1.